The molecule has 3 aromatic rings. The number of piperidine rings is 1. The van der Waals surface area contributed by atoms with Crippen LogP contribution in [0.25, 0.3) is 10.9 Å². The number of benzene rings is 2. The normalized spacial score (nSPS) is 17.7. The number of sulfonamides is 1. The zero-order valence-corrected chi connectivity index (χ0v) is 18.2. The highest BCUT2D eigenvalue weighted by Crippen LogP contribution is 2.27. The monoisotopic (exact) mass is 443 g/mol. The molecular formula is C23H26FN3O3S. The summed E-state index contributed by atoms with van der Waals surface area (Å²) in [5.74, 6) is -0.991. The first-order valence-electron chi connectivity index (χ1n) is 10.5. The Labute approximate surface area is 181 Å². The van der Waals surface area contributed by atoms with Crippen molar-refractivity contribution in [2.75, 3.05) is 13.1 Å². The number of hydrogen-bond donors (Lipinski definition) is 1. The highest BCUT2D eigenvalue weighted by Gasteiger charge is 2.33. The lowest BCUT2D eigenvalue weighted by Crippen LogP contribution is -2.45. The van der Waals surface area contributed by atoms with E-state index in [9.17, 15) is 17.6 Å². The molecule has 1 aromatic heterocycles. The Hall–Kier alpha value is -2.71. The van der Waals surface area contributed by atoms with E-state index in [0.29, 0.717) is 24.9 Å². The fraction of sp³-hybridized carbons (Fsp3) is 0.348. The minimum absolute atomic E-state index is 0.144. The number of hydrogen-bond acceptors (Lipinski definition) is 3. The van der Waals surface area contributed by atoms with Gasteiger partial charge in [0, 0.05) is 43.3 Å². The van der Waals surface area contributed by atoms with E-state index in [4.69, 9.17) is 0 Å². The third-order valence-electron chi connectivity index (χ3n) is 5.83. The fourth-order valence-corrected chi connectivity index (χ4v) is 5.68. The summed E-state index contributed by atoms with van der Waals surface area (Å²) < 4.78 is 43.3. The first-order chi connectivity index (χ1) is 14.9. The minimum Gasteiger partial charge on any atom is -0.352 e. The molecule has 2 heterocycles. The number of carbonyl (C=O) groups excluding carboxylic acids is 1. The molecule has 6 nitrogen and oxygen atoms in total. The summed E-state index contributed by atoms with van der Waals surface area (Å²) in [5.41, 5.74) is 1.66. The predicted molar refractivity (Wildman–Crippen MR) is 117 cm³/mol. The number of aromatic nitrogens is 1. The average molecular weight is 444 g/mol. The number of nitrogens with one attached hydrogen (secondary N) is 1. The smallest absolute Gasteiger partial charge is 0.243 e. The Bertz CT molecular complexity index is 1210. The van der Waals surface area contributed by atoms with Gasteiger partial charge in [-0.15, -0.1) is 0 Å². The number of amides is 1. The number of carbonyl (C=O) groups is 1. The SMILES string of the molecule is CCn1ccc2cc(S(=O)(=O)N3CCC[C@H](C(=O)NCc4cccc(F)c4)C3)ccc21. The highest BCUT2D eigenvalue weighted by atomic mass is 32.2. The molecule has 1 N–H and O–H groups in total. The summed E-state index contributed by atoms with van der Waals surface area (Å²) in [6, 6.07) is 13.1. The molecule has 1 atom stereocenters. The molecule has 1 aliphatic heterocycles. The van der Waals surface area contributed by atoms with Crippen LogP contribution in [-0.2, 0) is 27.9 Å². The fourth-order valence-electron chi connectivity index (χ4n) is 4.12. The number of fused-ring (bicyclic) bond motifs is 1. The maximum absolute atomic E-state index is 13.3. The third kappa shape index (κ3) is 4.50. The van der Waals surface area contributed by atoms with Gasteiger partial charge in [0.15, 0.2) is 0 Å². The second-order valence-corrected chi connectivity index (χ2v) is 9.81. The standard InChI is InChI=1S/C23H26FN3O3S/c1-2-26-12-10-18-14-21(8-9-22(18)26)31(29,30)27-11-4-6-19(16-27)23(28)25-15-17-5-3-7-20(24)13-17/h3,5,7-10,12-14,19H,2,4,6,11,15-16H2,1H3,(H,25,28)/t19-/m0/s1. The summed E-state index contributed by atoms with van der Waals surface area (Å²) in [7, 11) is -3.70. The number of aryl methyl sites for hydroxylation is 1. The third-order valence-corrected chi connectivity index (χ3v) is 7.69. The van der Waals surface area contributed by atoms with E-state index in [2.05, 4.69) is 9.88 Å². The molecule has 2 aromatic carbocycles. The second-order valence-electron chi connectivity index (χ2n) is 7.87. The molecule has 0 spiro atoms. The Balaban J connectivity index is 1.46. The van der Waals surface area contributed by atoms with E-state index in [1.807, 2.05) is 25.3 Å². The summed E-state index contributed by atoms with van der Waals surface area (Å²) in [6.07, 6.45) is 3.19. The van der Waals surface area contributed by atoms with Gasteiger partial charge in [0.05, 0.1) is 10.8 Å². The summed E-state index contributed by atoms with van der Waals surface area (Å²) in [4.78, 5) is 12.9. The van der Waals surface area contributed by atoms with Gasteiger partial charge in [0.1, 0.15) is 5.82 Å². The molecule has 0 radical (unpaired) electrons. The van der Waals surface area contributed by atoms with Crippen molar-refractivity contribution in [3.8, 4) is 0 Å². The van der Waals surface area contributed by atoms with Crippen LogP contribution >= 0.6 is 0 Å². The van der Waals surface area contributed by atoms with Gasteiger partial charge in [-0.05, 0) is 61.7 Å². The molecule has 4 rings (SSSR count). The van der Waals surface area contributed by atoms with Gasteiger partial charge in [-0.1, -0.05) is 12.1 Å². The molecule has 164 valence electrons. The zero-order valence-electron chi connectivity index (χ0n) is 17.4. The molecule has 1 aliphatic rings. The maximum Gasteiger partial charge on any atom is 0.243 e. The van der Waals surface area contributed by atoms with Crippen molar-refractivity contribution >= 4 is 26.8 Å². The lowest BCUT2D eigenvalue weighted by Gasteiger charge is -2.31. The largest absolute Gasteiger partial charge is 0.352 e. The van der Waals surface area contributed by atoms with E-state index in [1.54, 1.807) is 24.3 Å². The molecule has 0 saturated carbocycles. The van der Waals surface area contributed by atoms with Crippen LogP contribution in [0.5, 0.6) is 0 Å². The Morgan fingerprint density at radius 3 is 2.81 bits per heavy atom. The Morgan fingerprint density at radius 2 is 2.03 bits per heavy atom. The molecule has 1 amide bonds. The van der Waals surface area contributed by atoms with Crippen molar-refractivity contribution in [3.05, 3.63) is 66.1 Å². The van der Waals surface area contributed by atoms with Crippen LogP contribution in [0.2, 0.25) is 0 Å². The average Bonchev–Trinajstić information content (AvgIpc) is 3.20. The Morgan fingerprint density at radius 1 is 1.19 bits per heavy atom. The van der Waals surface area contributed by atoms with Crippen molar-refractivity contribution in [2.24, 2.45) is 5.92 Å². The van der Waals surface area contributed by atoms with Gasteiger partial charge in [0.2, 0.25) is 15.9 Å². The predicted octanol–water partition coefficient (Wildman–Crippen LogP) is 3.52. The van der Waals surface area contributed by atoms with Gasteiger partial charge >= 0.3 is 0 Å². The summed E-state index contributed by atoms with van der Waals surface area (Å²) >= 11 is 0. The van der Waals surface area contributed by atoms with Gasteiger partial charge < -0.3 is 9.88 Å². The first kappa shape index (κ1) is 21.5. The lowest BCUT2D eigenvalue weighted by atomic mass is 9.99. The van der Waals surface area contributed by atoms with Gasteiger partial charge in [0.25, 0.3) is 0 Å². The van der Waals surface area contributed by atoms with Gasteiger partial charge in [-0.3, -0.25) is 4.79 Å². The van der Waals surface area contributed by atoms with Crippen molar-refractivity contribution in [2.45, 2.75) is 37.8 Å². The van der Waals surface area contributed by atoms with Crippen LogP contribution in [0.15, 0.2) is 59.6 Å². The van der Waals surface area contributed by atoms with Crippen molar-refractivity contribution in [1.29, 1.82) is 0 Å². The molecule has 1 saturated heterocycles. The quantitative estimate of drug-likeness (QED) is 0.634. The summed E-state index contributed by atoms with van der Waals surface area (Å²) in [5, 5.41) is 3.69. The molecule has 8 heteroatoms. The van der Waals surface area contributed by atoms with Gasteiger partial charge in [-0.25, -0.2) is 12.8 Å². The molecule has 0 aliphatic carbocycles. The topological polar surface area (TPSA) is 71.4 Å². The zero-order chi connectivity index (χ0) is 22.0. The van der Waals surface area contributed by atoms with Crippen LogP contribution in [-0.4, -0.2) is 36.3 Å². The maximum atomic E-state index is 13.3. The molecule has 0 bridgehead atoms. The number of halogens is 1. The number of nitrogens with zero attached hydrogens (tertiary/aromatic N) is 2. The van der Waals surface area contributed by atoms with E-state index < -0.39 is 15.9 Å². The first-order valence-corrected chi connectivity index (χ1v) is 11.9. The lowest BCUT2D eigenvalue weighted by molar-refractivity contribution is -0.126. The second kappa shape index (κ2) is 8.80. The molecule has 0 unspecified atom stereocenters. The van der Waals surface area contributed by atoms with Crippen LogP contribution in [0.1, 0.15) is 25.3 Å². The molecular weight excluding hydrogens is 417 g/mol. The van der Waals surface area contributed by atoms with Crippen LogP contribution in [0.4, 0.5) is 4.39 Å². The van der Waals surface area contributed by atoms with Crippen molar-refractivity contribution in [1.82, 2.24) is 14.2 Å². The van der Waals surface area contributed by atoms with Crippen LogP contribution < -0.4 is 5.32 Å². The number of rotatable bonds is 6. The van der Waals surface area contributed by atoms with Gasteiger partial charge in [-0.2, -0.15) is 4.31 Å². The van der Waals surface area contributed by atoms with E-state index in [-0.39, 0.29) is 29.7 Å². The van der Waals surface area contributed by atoms with Crippen molar-refractivity contribution < 1.29 is 17.6 Å². The molecule has 31 heavy (non-hydrogen) atoms. The van der Waals surface area contributed by atoms with E-state index in [0.717, 1.165) is 17.4 Å². The minimum atomic E-state index is -3.70. The van der Waals surface area contributed by atoms with E-state index in [1.165, 1.54) is 16.4 Å². The van der Waals surface area contributed by atoms with Crippen LogP contribution in [0.3, 0.4) is 0 Å². The summed E-state index contributed by atoms with van der Waals surface area (Å²) in [6.45, 7) is 3.60. The Kier molecular flexibility index (Phi) is 6.11. The van der Waals surface area contributed by atoms with Crippen molar-refractivity contribution in [3.63, 3.8) is 0 Å². The molecule has 1 fully saturated rings. The van der Waals surface area contributed by atoms with Crippen LogP contribution in [0, 0.1) is 11.7 Å². The highest BCUT2D eigenvalue weighted by molar-refractivity contribution is 7.89. The van der Waals surface area contributed by atoms with E-state index >= 15 is 0 Å².